The molecule has 3 atom stereocenters. The normalized spacial score (nSPS) is 22.8. The van der Waals surface area contributed by atoms with Crippen LogP contribution in [0.1, 0.15) is 63.0 Å². The van der Waals surface area contributed by atoms with Gasteiger partial charge >= 0.3 is 5.97 Å². The van der Waals surface area contributed by atoms with E-state index in [0.717, 1.165) is 59.1 Å². The Morgan fingerprint density at radius 2 is 2.11 bits per heavy atom. The predicted molar refractivity (Wildman–Crippen MR) is 144 cm³/mol. The third-order valence-electron chi connectivity index (χ3n) is 7.76. The third kappa shape index (κ3) is 6.82. The van der Waals surface area contributed by atoms with Crippen molar-refractivity contribution in [1.29, 1.82) is 0 Å². The highest BCUT2D eigenvalue weighted by molar-refractivity contribution is 7.99. The molecule has 35 heavy (non-hydrogen) atoms. The molecule has 6 nitrogen and oxygen atoms in total. The Bertz CT molecular complexity index is 1000. The van der Waals surface area contributed by atoms with Crippen LogP contribution in [0.25, 0.3) is 10.9 Å². The molecule has 0 spiro atoms. The highest BCUT2D eigenvalue weighted by Gasteiger charge is 2.34. The molecule has 192 valence electrons. The topological polar surface area (TPSA) is 88.7 Å². The number of thioether (sulfide) groups is 1. The Labute approximate surface area is 217 Å². The van der Waals surface area contributed by atoms with Gasteiger partial charge < -0.3 is 20.5 Å². The lowest BCUT2D eigenvalue weighted by Gasteiger charge is -2.37. The van der Waals surface area contributed by atoms with Gasteiger partial charge in [0.25, 0.3) is 0 Å². The van der Waals surface area contributed by atoms with Crippen LogP contribution in [0.3, 0.4) is 0 Å². The number of likely N-dealkylation sites (tertiary alicyclic amines) is 1. The molecular formula is C27H38ClN3O3S. The van der Waals surface area contributed by atoms with Gasteiger partial charge in [0.15, 0.2) is 0 Å². The maximum absolute atomic E-state index is 12.1. The highest BCUT2D eigenvalue weighted by Crippen LogP contribution is 2.36. The summed E-state index contributed by atoms with van der Waals surface area (Å²) in [5, 5.41) is 12.2. The summed E-state index contributed by atoms with van der Waals surface area (Å²) in [4.78, 5) is 18.9. The zero-order valence-corrected chi connectivity index (χ0v) is 22.2. The Morgan fingerprint density at radius 1 is 1.31 bits per heavy atom. The summed E-state index contributed by atoms with van der Waals surface area (Å²) in [7, 11) is 1.63. The maximum Gasteiger partial charge on any atom is 0.308 e. The first-order valence-electron chi connectivity index (χ1n) is 12.9. The van der Waals surface area contributed by atoms with Crippen LogP contribution < -0.4 is 10.5 Å². The number of carbonyl (C=O) groups is 1. The smallest absolute Gasteiger partial charge is 0.308 e. The molecule has 2 heterocycles. The van der Waals surface area contributed by atoms with E-state index in [4.69, 9.17) is 22.1 Å². The number of aromatic nitrogens is 1. The molecule has 3 N–H and O–H groups in total. The van der Waals surface area contributed by atoms with Crippen LogP contribution in [0.5, 0.6) is 5.75 Å². The van der Waals surface area contributed by atoms with E-state index in [2.05, 4.69) is 21.6 Å². The zero-order chi connectivity index (χ0) is 24.8. The molecule has 8 heteroatoms. The molecule has 1 aliphatic carbocycles. The fourth-order valence-corrected chi connectivity index (χ4v) is 7.34. The van der Waals surface area contributed by atoms with Crippen LogP contribution in [-0.4, -0.2) is 58.7 Å². The van der Waals surface area contributed by atoms with Crippen molar-refractivity contribution in [2.45, 2.75) is 62.7 Å². The lowest BCUT2D eigenvalue weighted by molar-refractivity contribution is -0.146. The number of halogens is 1. The van der Waals surface area contributed by atoms with E-state index in [1.807, 2.05) is 18.2 Å². The minimum absolute atomic E-state index is 0.127. The average Bonchev–Trinajstić information content (AvgIpc) is 2.87. The summed E-state index contributed by atoms with van der Waals surface area (Å²) in [6, 6.07) is 5.41. The Hall–Kier alpha value is -1.54. The van der Waals surface area contributed by atoms with Gasteiger partial charge in [-0.15, -0.1) is 0 Å². The summed E-state index contributed by atoms with van der Waals surface area (Å²) in [5.74, 6) is 0.923. The van der Waals surface area contributed by atoms with Crippen LogP contribution in [0.4, 0.5) is 0 Å². The average molecular weight is 520 g/mol. The number of pyridine rings is 1. The van der Waals surface area contributed by atoms with Crippen LogP contribution in [0.15, 0.2) is 24.4 Å². The molecule has 4 rings (SSSR count). The highest BCUT2D eigenvalue weighted by atomic mass is 35.5. The van der Waals surface area contributed by atoms with Crippen molar-refractivity contribution in [2.24, 2.45) is 17.6 Å². The molecule has 2 aliphatic rings. The van der Waals surface area contributed by atoms with Crippen molar-refractivity contribution in [2.75, 3.05) is 32.5 Å². The minimum atomic E-state index is -0.690. The number of methoxy groups -OCH3 is 1. The van der Waals surface area contributed by atoms with Gasteiger partial charge in [0, 0.05) is 41.7 Å². The first-order chi connectivity index (χ1) is 17.0. The molecule has 2 aromatic rings. The van der Waals surface area contributed by atoms with Gasteiger partial charge in [0.2, 0.25) is 0 Å². The Kier molecular flexibility index (Phi) is 9.56. The van der Waals surface area contributed by atoms with Gasteiger partial charge in [-0.05, 0) is 68.3 Å². The monoisotopic (exact) mass is 519 g/mol. The maximum atomic E-state index is 12.1. The van der Waals surface area contributed by atoms with E-state index in [9.17, 15) is 9.90 Å². The number of carboxylic acid groups (broad SMARTS) is 1. The molecule has 1 aromatic heterocycles. The number of nitrogens with two attached hydrogens (primary N) is 1. The lowest BCUT2D eigenvalue weighted by atomic mass is 9.81. The van der Waals surface area contributed by atoms with E-state index >= 15 is 0 Å². The lowest BCUT2D eigenvalue weighted by Crippen LogP contribution is -2.44. The Morgan fingerprint density at radius 3 is 2.86 bits per heavy atom. The van der Waals surface area contributed by atoms with Crippen molar-refractivity contribution in [3.05, 3.63) is 35.0 Å². The molecule has 3 unspecified atom stereocenters. The number of hydrogen-bond donors (Lipinski definition) is 2. The number of carboxylic acids is 1. The van der Waals surface area contributed by atoms with Crippen molar-refractivity contribution in [1.82, 2.24) is 9.88 Å². The van der Waals surface area contributed by atoms with E-state index in [-0.39, 0.29) is 17.9 Å². The quantitative estimate of drug-likeness (QED) is 0.412. The number of rotatable bonds is 10. The van der Waals surface area contributed by atoms with Crippen molar-refractivity contribution < 1.29 is 14.6 Å². The second-order valence-electron chi connectivity index (χ2n) is 10.0. The van der Waals surface area contributed by atoms with E-state index in [1.165, 1.54) is 32.1 Å². The largest absolute Gasteiger partial charge is 0.497 e. The summed E-state index contributed by atoms with van der Waals surface area (Å²) < 4.78 is 5.38. The van der Waals surface area contributed by atoms with Gasteiger partial charge in [-0.25, -0.2) is 0 Å². The molecule has 0 radical (unpaired) electrons. The first-order valence-corrected chi connectivity index (χ1v) is 14.3. The number of benzene rings is 1. The second kappa shape index (κ2) is 12.6. The summed E-state index contributed by atoms with van der Waals surface area (Å²) in [6.45, 7) is 2.58. The standard InChI is InChI=1S/C27H38ClN3O3S/c1-34-19-8-10-25-21(15-19)26(23(28)16-30-25)24(29)9-7-18-11-12-31(17-22(18)27(32)33)13-14-35-20-5-3-2-4-6-20/h8,10,15-16,18,20,22,24H,2-7,9,11-14,17,29H2,1H3,(H,32,33). The van der Waals surface area contributed by atoms with E-state index < -0.39 is 5.97 Å². The molecule has 0 bridgehead atoms. The predicted octanol–water partition coefficient (Wildman–Crippen LogP) is 5.77. The summed E-state index contributed by atoms with van der Waals surface area (Å²) in [6.07, 6.45) is 10.8. The fraction of sp³-hybridized carbons (Fsp3) is 0.630. The number of fused-ring (bicyclic) bond motifs is 1. The van der Waals surface area contributed by atoms with Crippen LogP contribution >= 0.6 is 23.4 Å². The van der Waals surface area contributed by atoms with Crippen molar-refractivity contribution in [3.63, 3.8) is 0 Å². The minimum Gasteiger partial charge on any atom is -0.497 e. The molecule has 1 aliphatic heterocycles. The fourth-order valence-electron chi connectivity index (χ4n) is 5.69. The van der Waals surface area contributed by atoms with E-state index in [1.54, 1.807) is 13.3 Å². The van der Waals surface area contributed by atoms with Gasteiger partial charge in [0.05, 0.1) is 23.6 Å². The second-order valence-corrected chi connectivity index (χ2v) is 11.8. The van der Waals surface area contributed by atoms with Crippen LogP contribution in [-0.2, 0) is 4.79 Å². The molecule has 2 fully saturated rings. The first kappa shape index (κ1) is 26.5. The zero-order valence-electron chi connectivity index (χ0n) is 20.6. The number of piperidine rings is 1. The van der Waals surface area contributed by atoms with Gasteiger partial charge in [-0.2, -0.15) is 11.8 Å². The summed E-state index contributed by atoms with van der Waals surface area (Å²) in [5.41, 5.74) is 8.33. The number of nitrogens with zero attached hydrogens (tertiary/aromatic N) is 2. The number of ether oxygens (including phenoxy) is 1. The molecule has 1 aromatic carbocycles. The van der Waals surface area contributed by atoms with Gasteiger partial charge in [0.1, 0.15) is 5.75 Å². The Balaban J connectivity index is 1.34. The molecule has 1 saturated heterocycles. The third-order valence-corrected chi connectivity index (χ3v) is 9.42. The number of aliphatic carboxylic acids is 1. The molecular weight excluding hydrogens is 482 g/mol. The van der Waals surface area contributed by atoms with Crippen LogP contribution in [0, 0.1) is 11.8 Å². The summed E-state index contributed by atoms with van der Waals surface area (Å²) >= 11 is 8.62. The van der Waals surface area contributed by atoms with Crippen molar-refractivity contribution in [3.8, 4) is 5.75 Å². The molecule has 0 amide bonds. The SMILES string of the molecule is COc1ccc2ncc(Cl)c(C(N)CCC3CCN(CCSC4CCCCC4)CC3C(=O)O)c2c1. The number of hydrogen-bond acceptors (Lipinski definition) is 6. The van der Waals surface area contributed by atoms with Crippen molar-refractivity contribution >= 4 is 40.2 Å². The van der Waals surface area contributed by atoms with Gasteiger partial charge in [-0.1, -0.05) is 30.9 Å². The molecule has 1 saturated carbocycles. The van der Waals surface area contributed by atoms with E-state index in [0.29, 0.717) is 18.0 Å². The van der Waals surface area contributed by atoms with Crippen LogP contribution in [0.2, 0.25) is 5.02 Å². The van der Waals surface area contributed by atoms with Gasteiger partial charge in [-0.3, -0.25) is 9.78 Å².